The van der Waals surface area contributed by atoms with Crippen LogP contribution < -0.4 is 10.6 Å². The molecule has 0 radical (unpaired) electrons. The Hall–Kier alpha value is -0.770. The molecule has 0 aromatic rings. The van der Waals surface area contributed by atoms with E-state index >= 15 is 0 Å². The number of ether oxygens (including phenoxy) is 1. The van der Waals surface area contributed by atoms with Gasteiger partial charge in [0, 0.05) is 26.2 Å². The SMILES string of the molecule is CCNC(=NCC1(CC)CCCC1)NC(C)COC. The smallest absolute Gasteiger partial charge is 0.191 e. The molecular weight excluding hydrogens is 238 g/mol. The van der Waals surface area contributed by atoms with E-state index in [9.17, 15) is 0 Å². The summed E-state index contributed by atoms with van der Waals surface area (Å²) >= 11 is 0. The molecule has 2 N–H and O–H groups in total. The predicted octanol–water partition coefficient (Wildman–Crippen LogP) is 2.55. The molecule has 0 amide bonds. The molecule has 0 heterocycles. The Labute approximate surface area is 118 Å². The van der Waals surface area contributed by atoms with Gasteiger partial charge >= 0.3 is 0 Å². The summed E-state index contributed by atoms with van der Waals surface area (Å²) in [6, 6.07) is 0.281. The van der Waals surface area contributed by atoms with Crippen LogP contribution >= 0.6 is 0 Å². The molecule has 1 saturated carbocycles. The summed E-state index contributed by atoms with van der Waals surface area (Å²) in [6.45, 7) is 9.05. The molecule has 1 atom stereocenters. The van der Waals surface area contributed by atoms with Crippen LogP contribution in [0.2, 0.25) is 0 Å². The number of aliphatic imine (C=N–C) groups is 1. The molecule has 1 aliphatic rings. The van der Waals surface area contributed by atoms with Crippen LogP contribution in [0.25, 0.3) is 0 Å². The van der Waals surface area contributed by atoms with E-state index in [-0.39, 0.29) is 6.04 Å². The van der Waals surface area contributed by atoms with E-state index in [1.54, 1.807) is 7.11 Å². The van der Waals surface area contributed by atoms with Gasteiger partial charge in [0.05, 0.1) is 6.61 Å². The fourth-order valence-corrected chi connectivity index (χ4v) is 2.84. The molecule has 1 fully saturated rings. The molecule has 1 aliphatic carbocycles. The number of guanidine groups is 1. The largest absolute Gasteiger partial charge is 0.383 e. The van der Waals surface area contributed by atoms with Crippen molar-refractivity contribution in [2.45, 2.75) is 58.9 Å². The average molecular weight is 269 g/mol. The summed E-state index contributed by atoms with van der Waals surface area (Å²) in [5, 5.41) is 6.72. The standard InChI is InChI=1S/C15H31N3O/c1-5-15(9-7-8-10-15)12-17-14(16-6-2)18-13(3)11-19-4/h13H,5-12H2,1-4H3,(H2,16,17,18). The zero-order valence-electron chi connectivity index (χ0n) is 13.1. The Balaban J connectivity index is 2.56. The quantitative estimate of drug-likeness (QED) is 0.551. The molecule has 0 aromatic heterocycles. The summed E-state index contributed by atoms with van der Waals surface area (Å²) in [6.07, 6.45) is 6.64. The number of rotatable bonds is 7. The Bertz CT molecular complexity index is 273. The van der Waals surface area contributed by atoms with Crippen LogP contribution in [0.3, 0.4) is 0 Å². The third-order valence-electron chi connectivity index (χ3n) is 4.13. The highest BCUT2D eigenvalue weighted by molar-refractivity contribution is 5.80. The van der Waals surface area contributed by atoms with Gasteiger partial charge in [0.15, 0.2) is 5.96 Å². The molecule has 0 bridgehead atoms. The zero-order valence-corrected chi connectivity index (χ0v) is 13.1. The van der Waals surface area contributed by atoms with Crippen molar-refractivity contribution in [1.29, 1.82) is 0 Å². The van der Waals surface area contributed by atoms with Crippen LogP contribution in [0.1, 0.15) is 52.9 Å². The summed E-state index contributed by atoms with van der Waals surface area (Å²) in [5.41, 5.74) is 0.451. The van der Waals surface area contributed by atoms with Crippen LogP contribution in [0.15, 0.2) is 4.99 Å². The van der Waals surface area contributed by atoms with Crippen molar-refractivity contribution >= 4 is 5.96 Å². The molecule has 1 unspecified atom stereocenters. The Morgan fingerprint density at radius 1 is 1.32 bits per heavy atom. The van der Waals surface area contributed by atoms with Crippen molar-refractivity contribution in [3.8, 4) is 0 Å². The van der Waals surface area contributed by atoms with E-state index in [0.29, 0.717) is 12.0 Å². The minimum atomic E-state index is 0.281. The minimum absolute atomic E-state index is 0.281. The zero-order chi connectivity index (χ0) is 14.1. The van der Waals surface area contributed by atoms with Gasteiger partial charge in [-0.15, -0.1) is 0 Å². The van der Waals surface area contributed by atoms with E-state index in [4.69, 9.17) is 9.73 Å². The van der Waals surface area contributed by atoms with E-state index in [1.165, 1.54) is 32.1 Å². The van der Waals surface area contributed by atoms with E-state index in [1.807, 2.05) is 0 Å². The highest BCUT2D eigenvalue weighted by Crippen LogP contribution is 2.41. The maximum atomic E-state index is 5.16. The monoisotopic (exact) mass is 269 g/mol. The van der Waals surface area contributed by atoms with Gasteiger partial charge in [0.1, 0.15) is 0 Å². The Morgan fingerprint density at radius 2 is 2.00 bits per heavy atom. The van der Waals surface area contributed by atoms with E-state index in [2.05, 4.69) is 31.4 Å². The molecule has 4 nitrogen and oxygen atoms in total. The first kappa shape index (κ1) is 16.3. The highest BCUT2D eigenvalue weighted by Gasteiger charge is 2.31. The number of nitrogens with one attached hydrogen (secondary N) is 2. The molecule has 4 heteroatoms. The first-order chi connectivity index (χ1) is 9.15. The Kier molecular flexibility index (Phi) is 7.21. The van der Waals surface area contributed by atoms with Crippen molar-refractivity contribution in [3.05, 3.63) is 0 Å². The van der Waals surface area contributed by atoms with E-state index < -0.39 is 0 Å². The number of methoxy groups -OCH3 is 1. The molecule has 19 heavy (non-hydrogen) atoms. The van der Waals surface area contributed by atoms with Crippen molar-refractivity contribution in [2.75, 3.05) is 26.8 Å². The molecule has 0 aromatic carbocycles. The van der Waals surface area contributed by atoms with Crippen molar-refractivity contribution in [1.82, 2.24) is 10.6 Å². The highest BCUT2D eigenvalue weighted by atomic mass is 16.5. The third-order valence-corrected chi connectivity index (χ3v) is 4.13. The first-order valence-electron chi connectivity index (χ1n) is 7.69. The lowest BCUT2D eigenvalue weighted by Gasteiger charge is -2.26. The van der Waals surface area contributed by atoms with E-state index in [0.717, 1.165) is 19.0 Å². The van der Waals surface area contributed by atoms with Gasteiger partial charge in [-0.25, -0.2) is 0 Å². The molecule has 0 aliphatic heterocycles. The summed E-state index contributed by atoms with van der Waals surface area (Å²) in [5.74, 6) is 0.923. The van der Waals surface area contributed by atoms with Crippen LogP contribution in [0.4, 0.5) is 0 Å². The lowest BCUT2D eigenvalue weighted by atomic mass is 9.84. The van der Waals surface area contributed by atoms with Crippen LogP contribution in [0.5, 0.6) is 0 Å². The van der Waals surface area contributed by atoms with Gasteiger partial charge in [0.2, 0.25) is 0 Å². The van der Waals surface area contributed by atoms with Gasteiger partial charge in [0.25, 0.3) is 0 Å². The second-order valence-corrected chi connectivity index (χ2v) is 5.76. The first-order valence-corrected chi connectivity index (χ1v) is 7.69. The van der Waals surface area contributed by atoms with Gasteiger partial charge in [-0.2, -0.15) is 0 Å². The summed E-state index contributed by atoms with van der Waals surface area (Å²) in [7, 11) is 1.73. The van der Waals surface area contributed by atoms with Crippen LogP contribution in [-0.2, 0) is 4.74 Å². The average Bonchev–Trinajstić information content (AvgIpc) is 2.86. The summed E-state index contributed by atoms with van der Waals surface area (Å²) in [4.78, 5) is 4.80. The minimum Gasteiger partial charge on any atom is -0.383 e. The number of hydrogen-bond acceptors (Lipinski definition) is 2. The Morgan fingerprint density at radius 3 is 2.53 bits per heavy atom. The molecular formula is C15H31N3O. The molecule has 1 rings (SSSR count). The lowest BCUT2D eigenvalue weighted by Crippen LogP contribution is -2.44. The molecule has 112 valence electrons. The maximum absolute atomic E-state index is 5.16. The lowest BCUT2D eigenvalue weighted by molar-refractivity contribution is 0.179. The second kappa shape index (κ2) is 8.41. The van der Waals surface area contributed by atoms with Gasteiger partial charge in [-0.1, -0.05) is 19.8 Å². The summed E-state index contributed by atoms with van der Waals surface area (Å²) < 4.78 is 5.16. The molecule has 0 saturated heterocycles. The van der Waals surface area contributed by atoms with Gasteiger partial charge < -0.3 is 15.4 Å². The fourth-order valence-electron chi connectivity index (χ4n) is 2.84. The second-order valence-electron chi connectivity index (χ2n) is 5.76. The number of hydrogen-bond donors (Lipinski definition) is 2. The van der Waals surface area contributed by atoms with Crippen molar-refractivity contribution < 1.29 is 4.74 Å². The topological polar surface area (TPSA) is 45.7 Å². The van der Waals surface area contributed by atoms with Crippen LogP contribution in [0, 0.1) is 5.41 Å². The third kappa shape index (κ3) is 5.39. The van der Waals surface area contributed by atoms with Crippen molar-refractivity contribution in [2.24, 2.45) is 10.4 Å². The normalized spacial score (nSPS) is 20.3. The van der Waals surface area contributed by atoms with Crippen LogP contribution in [-0.4, -0.2) is 38.8 Å². The maximum Gasteiger partial charge on any atom is 0.191 e. The molecule has 0 spiro atoms. The van der Waals surface area contributed by atoms with Gasteiger partial charge in [-0.3, -0.25) is 4.99 Å². The number of nitrogens with zero attached hydrogens (tertiary/aromatic N) is 1. The van der Waals surface area contributed by atoms with Crippen molar-refractivity contribution in [3.63, 3.8) is 0 Å². The predicted molar refractivity (Wildman–Crippen MR) is 81.6 cm³/mol. The fraction of sp³-hybridized carbons (Fsp3) is 0.933. The van der Waals surface area contributed by atoms with Gasteiger partial charge in [-0.05, 0) is 38.5 Å².